The first-order chi connectivity index (χ1) is 8.48. The van der Waals surface area contributed by atoms with Crippen molar-refractivity contribution >= 4 is 6.34 Å². The van der Waals surface area contributed by atoms with Crippen molar-refractivity contribution in [3.63, 3.8) is 0 Å². The van der Waals surface area contributed by atoms with E-state index in [1.165, 1.54) is 0 Å². The number of aromatic nitrogens is 2. The van der Waals surface area contributed by atoms with Gasteiger partial charge in [0.2, 0.25) is 5.89 Å². The minimum Gasteiger partial charge on any atom is -0.362 e. The second kappa shape index (κ2) is 5.01. The monoisotopic (exact) mass is 256 g/mol. The lowest BCUT2D eigenvalue weighted by Gasteiger charge is -2.25. The quantitative estimate of drug-likeness (QED) is 0.573. The summed E-state index contributed by atoms with van der Waals surface area (Å²) in [7, 11) is 0. The second-order valence-corrected chi connectivity index (χ2v) is 4.27. The second-order valence-electron chi connectivity index (χ2n) is 4.27. The number of aliphatic hydroxyl groups is 3. The van der Waals surface area contributed by atoms with Gasteiger partial charge < -0.3 is 24.7 Å². The van der Waals surface area contributed by atoms with E-state index >= 15 is 0 Å². The minimum absolute atomic E-state index is 0.0123. The molecule has 0 aliphatic carbocycles. The van der Waals surface area contributed by atoms with Crippen molar-refractivity contribution in [2.75, 3.05) is 19.6 Å². The van der Waals surface area contributed by atoms with Crippen LogP contribution in [0, 0.1) is 0 Å². The smallest absolute Gasteiger partial charge is 0.282 e. The molecule has 1 aliphatic rings. The highest BCUT2D eigenvalue weighted by Gasteiger charge is 2.26. The highest BCUT2D eigenvalue weighted by molar-refractivity contribution is 5.56. The van der Waals surface area contributed by atoms with Crippen LogP contribution < -0.4 is 0 Å². The number of likely N-dealkylation sites (N-methyl/N-ethyl adjacent to an activating group) is 1. The van der Waals surface area contributed by atoms with E-state index in [1.807, 2.05) is 11.8 Å². The molecule has 2 heterocycles. The van der Waals surface area contributed by atoms with Gasteiger partial charge in [0, 0.05) is 13.1 Å². The van der Waals surface area contributed by atoms with Crippen molar-refractivity contribution in [2.45, 2.75) is 25.2 Å². The lowest BCUT2D eigenvalue weighted by Crippen LogP contribution is -2.32. The third kappa shape index (κ3) is 3.25. The van der Waals surface area contributed by atoms with Gasteiger partial charge in [-0.05, 0) is 6.92 Å². The lowest BCUT2D eigenvalue weighted by atomic mass is 10.1. The van der Waals surface area contributed by atoms with E-state index in [-0.39, 0.29) is 11.7 Å². The average molecular weight is 256 g/mol. The van der Waals surface area contributed by atoms with Gasteiger partial charge in [-0.3, -0.25) is 4.99 Å². The Balaban J connectivity index is 2.04. The van der Waals surface area contributed by atoms with E-state index in [0.29, 0.717) is 12.4 Å². The van der Waals surface area contributed by atoms with E-state index in [1.54, 1.807) is 6.34 Å². The highest BCUT2D eigenvalue weighted by Crippen LogP contribution is 2.19. The van der Waals surface area contributed by atoms with E-state index in [0.717, 1.165) is 13.1 Å². The predicted molar refractivity (Wildman–Crippen MR) is 60.7 cm³/mol. The standard InChI is InChI=1S/C10H16N4O4/c1-2-14-5-7(4-11-6-14)9-12-8(13-18-9)3-10(15,16)17/h6-7,15-17H,2-5H2,1H3. The summed E-state index contributed by atoms with van der Waals surface area (Å²) in [6.07, 6.45) is 1.29. The Bertz CT molecular complexity index is 426. The fourth-order valence-electron chi connectivity index (χ4n) is 1.76. The molecule has 0 radical (unpaired) electrons. The van der Waals surface area contributed by atoms with E-state index in [2.05, 4.69) is 15.1 Å². The van der Waals surface area contributed by atoms with Crippen LogP contribution in [0.3, 0.4) is 0 Å². The molecule has 0 saturated carbocycles. The molecule has 0 amide bonds. The normalized spacial score (nSPS) is 20.4. The molecule has 1 aliphatic heterocycles. The lowest BCUT2D eigenvalue weighted by molar-refractivity contribution is -0.310. The van der Waals surface area contributed by atoms with Crippen molar-refractivity contribution in [2.24, 2.45) is 4.99 Å². The Hall–Kier alpha value is -1.51. The summed E-state index contributed by atoms with van der Waals surface area (Å²) in [5, 5.41) is 30.1. The minimum atomic E-state index is -2.82. The maximum absolute atomic E-state index is 8.83. The van der Waals surface area contributed by atoms with Crippen LogP contribution in [0.5, 0.6) is 0 Å². The van der Waals surface area contributed by atoms with E-state index in [9.17, 15) is 0 Å². The van der Waals surface area contributed by atoms with Gasteiger partial charge in [0.15, 0.2) is 5.82 Å². The van der Waals surface area contributed by atoms with Crippen LogP contribution in [-0.4, -0.2) is 62.3 Å². The Labute approximate surface area is 104 Å². The van der Waals surface area contributed by atoms with Crippen LogP contribution in [-0.2, 0) is 6.42 Å². The number of hydrogen-bond donors (Lipinski definition) is 3. The molecular weight excluding hydrogens is 240 g/mol. The molecule has 1 unspecified atom stereocenters. The van der Waals surface area contributed by atoms with Crippen LogP contribution >= 0.6 is 0 Å². The van der Waals surface area contributed by atoms with Gasteiger partial charge in [0.25, 0.3) is 5.97 Å². The van der Waals surface area contributed by atoms with Gasteiger partial charge in [0.1, 0.15) is 0 Å². The van der Waals surface area contributed by atoms with Crippen molar-refractivity contribution in [3.05, 3.63) is 11.7 Å². The van der Waals surface area contributed by atoms with Gasteiger partial charge in [-0.25, -0.2) is 0 Å². The zero-order chi connectivity index (χ0) is 13.2. The first kappa shape index (κ1) is 12.9. The third-order valence-corrected chi connectivity index (χ3v) is 2.66. The van der Waals surface area contributed by atoms with Crippen molar-refractivity contribution in [1.82, 2.24) is 15.0 Å². The summed E-state index contributed by atoms with van der Waals surface area (Å²) < 4.78 is 5.05. The number of hydrogen-bond acceptors (Lipinski definition) is 8. The van der Waals surface area contributed by atoms with Gasteiger partial charge in [-0.1, -0.05) is 5.16 Å². The molecule has 1 aromatic rings. The molecule has 1 aromatic heterocycles. The Morgan fingerprint density at radius 2 is 2.28 bits per heavy atom. The Kier molecular flexibility index (Phi) is 3.60. The predicted octanol–water partition coefficient (Wildman–Crippen LogP) is -1.31. The first-order valence-corrected chi connectivity index (χ1v) is 5.71. The molecule has 100 valence electrons. The first-order valence-electron chi connectivity index (χ1n) is 5.71. The highest BCUT2D eigenvalue weighted by atomic mass is 16.7. The number of rotatable bonds is 4. The van der Waals surface area contributed by atoms with Gasteiger partial charge in [0.05, 0.1) is 25.2 Å². The van der Waals surface area contributed by atoms with Crippen molar-refractivity contribution in [3.8, 4) is 0 Å². The van der Waals surface area contributed by atoms with Crippen LogP contribution in [0.1, 0.15) is 24.6 Å². The Morgan fingerprint density at radius 3 is 2.94 bits per heavy atom. The average Bonchev–Trinajstić information content (AvgIpc) is 2.75. The zero-order valence-electron chi connectivity index (χ0n) is 10.0. The molecule has 0 fully saturated rings. The summed E-state index contributed by atoms with van der Waals surface area (Å²) in [5.41, 5.74) is 0. The summed E-state index contributed by atoms with van der Waals surface area (Å²) >= 11 is 0. The van der Waals surface area contributed by atoms with Gasteiger partial charge in [-0.2, -0.15) is 4.98 Å². The van der Waals surface area contributed by atoms with Crippen molar-refractivity contribution < 1.29 is 19.8 Å². The fourth-order valence-corrected chi connectivity index (χ4v) is 1.76. The van der Waals surface area contributed by atoms with Crippen LogP contribution in [0.4, 0.5) is 0 Å². The largest absolute Gasteiger partial charge is 0.362 e. The topological polar surface area (TPSA) is 115 Å². The summed E-state index contributed by atoms with van der Waals surface area (Å²) in [5.74, 6) is -2.39. The van der Waals surface area contributed by atoms with Crippen LogP contribution in [0.25, 0.3) is 0 Å². The fraction of sp³-hybridized carbons (Fsp3) is 0.700. The summed E-state index contributed by atoms with van der Waals surface area (Å²) in [6, 6.07) is 0. The van der Waals surface area contributed by atoms with E-state index < -0.39 is 12.4 Å². The molecule has 0 bridgehead atoms. The van der Waals surface area contributed by atoms with Crippen LogP contribution in [0.15, 0.2) is 9.52 Å². The third-order valence-electron chi connectivity index (χ3n) is 2.66. The molecule has 18 heavy (non-hydrogen) atoms. The maximum Gasteiger partial charge on any atom is 0.282 e. The maximum atomic E-state index is 8.83. The summed E-state index contributed by atoms with van der Waals surface area (Å²) in [6.45, 7) is 4.14. The summed E-state index contributed by atoms with van der Waals surface area (Å²) in [4.78, 5) is 10.2. The SMILES string of the molecule is CCN1C=NCC(c2nc(CC(O)(O)O)no2)C1. The molecule has 0 saturated heterocycles. The molecule has 2 rings (SSSR count). The molecular formula is C10H16N4O4. The molecule has 8 nitrogen and oxygen atoms in total. The zero-order valence-corrected chi connectivity index (χ0v) is 10.0. The molecule has 3 N–H and O–H groups in total. The molecule has 1 atom stereocenters. The molecule has 0 spiro atoms. The van der Waals surface area contributed by atoms with Gasteiger partial charge >= 0.3 is 0 Å². The number of nitrogens with zero attached hydrogens (tertiary/aromatic N) is 4. The van der Waals surface area contributed by atoms with Gasteiger partial charge in [-0.15, -0.1) is 0 Å². The Morgan fingerprint density at radius 1 is 1.50 bits per heavy atom. The molecule has 8 heteroatoms. The van der Waals surface area contributed by atoms with Crippen LogP contribution in [0.2, 0.25) is 0 Å². The van der Waals surface area contributed by atoms with E-state index in [4.69, 9.17) is 19.8 Å². The van der Waals surface area contributed by atoms with Crippen molar-refractivity contribution in [1.29, 1.82) is 0 Å². The number of aliphatic imine (C=N–C) groups is 1. The molecule has 0 aromatic carbocycles.